The van der Waals surface area contributed by atoms with E-state index in [-0.39, 0.29) is 17.4 Å². The van der Waals surface area contributed by atoms with E-state index in [4.69, 9.17) is 4.74 Å². The molecule has 0 spiro atoms. The highest BCUT2D eigenvalue weighted by atomic mass is 16.5. The second-order valence-corrected chi connectivity index (χ2v) is 7.89. The third-order valence-electron chi connectivity index (χ3n) is 4.67. The number of ether oxygens (including phenoxy) is 1. The Kier molecular flexibility index (Phi) is 3.87. The summed E-state index contributed by atoms with van der Waals surface area (Å²) in [7, 11) is 0. The maximum atomic E-state index is 12.7. The van der Waals surface area contributed by atoms with Crippen LogP contribution in [0.15, 0.2) is 6.07 Å². The van der Waals surface area contributed by atoms with Crippen LogP contribution in [-0.4, -0.2) is 55.9 Å². The van der Waals surface area contributed by atoms with E-state index in [1.807, 2.05) is 6.07 Å². The van der Waals surface area contributed by atoms with E-state index >= 15 is 0 Å². The molecule has 2 N–H and O–H groups in total. The van der Waals surface area contributed by atoms with Crippen LogP contribution in [-0.2, 0) is 10.2 Å². The average molecular weight is 344 g/mol. The zero-order chi connectivity index (χ0) is 17.6. The Bertz CT molecular complexity index is 770. The molecule has 2 aromatic heterocycles. The molecule has 0 radical (unpaired) electrons. The fourth-order valence-corrected chi connectivity index (χ4v) is 2.96. The number of morpholine rings is 1. The lowest BCUT2D eigenvalue weighted by atomic mass is 9.96. The van der Waals surface area contributed by atoms with Crippen LogP contribution in [0.4, 0.5) is 0 Å². The van der Waals surface area contributed by atoms with E-state index in [2.05, 4.69) is 46.1 Å². The Morgan fingerprint density at radius 2 is 2.08 bits per heavy atom. The molecular weight excluding hydrogens is 320 g/mol. The maximum Gasteiger partial charge on any atom is 0.274 e. The molecule has 1 saturated carbocycles. The lowest BCUT2D eigenvalue weighted by Gasteiger charge is -2.31. The number of nitrogens with zero attached hydrogens (tertiary/aromatic N) is 4. The fourth-order valence-electron chi connectivity index (χ4n) is 2.96. The zero-order valence-corrected chi connectivity index (χ0v) is 14.9. The minimum atomic E-state index is -0.289. The standard InChI is InChI=1S/C17H24N6O2/c1-17(2,3)16-18-14(21-22-16)13-9-23(6-7-25-13)15(24)12-8-11(19-20-12)10-4-5-10/h8,10,13H,4-7,9H2,1-3H3,(H,19,20)(H,18,21,22)/t13-/m1/s1. The number of carbonyl (C=O) groups excluding carboxylic acids is 1. The summed E-state index contributed by atoms with van der Waals surface area (Å²) in [5.74, 6) is 1.91. The summed E-state index contributed by atoms with van der Waals surface area (Å²) in [6, 6.07) is 1.89. The number of amides is 1. The number of rotatable bonds is 3. The second-order valence-electron chi connectivity index (χ2n) is 7.89. The molecule has 0 unspecified atom stereocenters. The maximum absolute atomic E-state index is 12.7. The summed E-state index contributed by atoms with van der Waals surface area (Å²) in [6.07, 6.45) is 2.07. The van der Waals surface area contributed by atoms with Crippen molar-refractivity contribution in [2.24, 2.45) is 0 Å². The highest BCUT2D eigenvalue weighted by Crippen LogP contribution is 2.39. The number of carbonyl (C=O) groups is 1. The molecule has 25 heavy (non-hydrogen) atoms. The highest BCUT2D eigenvalue weighted by Gasteiger charge is 2.32. The van der Waals surface area contributed by atoms with Crippen LogP contribution >= 0.6 is 0 Å². The summed E-state index contributed by atoms with van der Waals surface area (Å²) >= 11 is 0. The molecule has 2 aliphatic rings. The summed E-state index contributed by atoms with van der Waals surface area (Å²) in [5, 5.41) is 14.4. The number of aromatic nitrogens is 5. The van der Waals surface area contributed by atoms with Gasteiger partial charge in [0.25, 0.3) is 5.91 Å². The van der Waals surface area contributed by atoms with Gasteiger partial charge in [0.05, 0.1) is 13.2 Å². The molecule has 1 aliphatic heterocycles. The molecule has 0 aromatic carbocycles. The molecule has 1 aliphatic carbocycles. The first-order valence-electron chi connectivity index (χ1n) is 8.81. The summed E-state index contributed by atoms with van der Waals surface area (Å²) < 4.78 is 5.80. The van der Waals surface area contributed by atoms with Gasteiger partial charge in [-0.15, -0.1) is 0 Å². The topological polar surface area (TPSA) is 99.8 Å². The van der Waals surface area contributed by atoms with Gasteiger partial charge in [0.2, 0.25) is 0 Å². The number of hydrogen-bond acceptors (Lipinski definition) is 5. The van der Waals surface area contributed by atoms with Crippen molar-refractivity contribution in [3.8, 4) is 0 Å². The summed E-state index contributed by atoms with van der Waals surface area (Å²) in [6.45, 7) is 7.66. The lowest BCUT2D eigenvalue weighted by molar-refractivity contribution is -0.0268. The molecule has 1 atom stereocenters. The van der Waals surface area contributed by atoms with E-state index < -0.39 is 0 Å². The van der Waals surface area contributed by atoms with E-state index in [0.717, 1.165) is 11.5 Å². The number of nitrogens with one attached hydrogen (secondary N) is 2. The molecular formula is C17H24N6O2. The highest BCUT2D eigenvalue weighted by molar-refractivity contribution is 5.92. The van der Waals surface area contributed by atoms with Crippen LogP contribution in [0.25, 0.3) is 0 Å². The van der Waals surface area contributed by atoms with Gasteiger partial charge in [0.15, 0.2) is 11.6 Å². The van der Waals surface area contributed by atoms with E-state index in [9.17, 15) is 4.79 Å². The van der Waals surface area contributed by atoms with Crippen molar-refractivity contribution in [3.05, 3.63) is 29.1 Å². The quantitative estimate of drug-likeness (QED) is 0.886. The molecule has 3 heterocycles. The number of aromatic amines is 2. The smallest absolute Gasteiger partial charge is 0.274 e. The molecule has 1 amide bonds. The van der Waals surface area contributed by atoms with Crippen molar-refractivity contribution < 1.29 is 9.53 Å². The molecule has 4 rings (SSSR count). The van der Waals surface area contributed by atoms with Gasteiger partial charge in [0, 0.05) is 23.6 Å². The molecule has 8 heteroatoms. The third-order valence-corrected chi connectivity index (χ3v) is 4.67. The Balaban J connectivity index is 1.46. The van der Waals surface area contributed by atoms with Crippen molar-refractivity contribution in [2.45, 2.75) is 51.0 Å². The molecule has 2 fully saturated rings. The second kappa shape index (κ2) is 5.94. The average Bonchev–Trinajstić information content (AvgIpc) is 3.12. The van der Waals surface area contributed by atoms with Gasteiger partial charge >= 0.3 is 0 Å². The van der Waals surface area contributed by atoms with Gasteiger partial charge in [-0.1, -0.05) is 20.8 Å². The monoisotopic (exact) mass is 344 g/mol. The van der Waals surface area contributed by atoms with Gasteiger partial charge in [-0.25, -0.2) is 4.98 Å². The molecule has 134 valence electrons. The van der Waals surface area contributed by atoms with E-state index in [0.29, 0.717) is 37.1 Å². The van der Waals surface area contributed by atoms with Crippen LogP contribution in [0.2, 0.25) is 0 Å². The summed E-state index contributed by atoms with van der Waals surface area (Å²) in [4.78, 5) is 19.1. The largest absolute Gasteiger partial charge is 0.367 e. The molecule has 8 nitrogen and oxygen atoms in total. The van der Waals surface area contributed by atoms with Crippen LogP contribution in [0, 0.1) is 0 Å². The van der Waals surface area contributed by atoms with Crippen molar-refractivity contribution in [2.75, 3.05) is 19.7 Å². The van der Waals surface area contributed by atoms with Gasteiger partial charge in [-0.3, -0.25) is 15.0 Å². The normalized spacial score (nSPS) is 21.6. The zero-order valence-electron chi connectivity index (χ0n) is 14.9. The fraction of sp³-hybridized carbons (Fsp3) is 0.647. The first-order chi connectivity index (χ1) is 11.9. The lowest BCUT2D eigenvalue weighted by Crippen LogP contribution is -2.42. The third kappa shape index (κ3) is 3.30. The Labute approximate surface area is 146 Å². The molecule has 0 bridgehead atoms. The predicted molar refractivity (Wildman–Crippen MR) is 90.2 cm³/mol. The van der Waals surface area contributed by atoms with Crippen molar-refractivity contribution >= 4 is 5.91 Å². The van der Waals surface area contributed by atoms with Gasteiger partial charge < -0.3 is 9.64 Å². The number of hydrogen-bond donors (Lipinski definition) is 2. The first-order valence-corrected chi connectivity index (χ1v) is 8.81. The van der Waals surface area contributed by atoms with Gasteiger partial charge in [-0.2, -0.15) is 10.2 Å². The van der Waals surface area contributed by atoms with E-state index in [1.165, 1.54) is 12.8 Å². The minimum absolute atomic E-state index is 0.0630. The van der Waals surface area contributed by atoms with Crippen molar-refractivity contribution in [1.29, 1.82) is 0 Å². The Morgan fingerprint density at radius 1 is 1.28 bits per heavy atom. The van der Waals surface area contributed by atoms with Crippen LogP contribution in [0.1, 0.15) is 73.5 Å². The SMILES string of the molecule is CC(C)(C)c1n[nH]c([C@H]2CN(C(=O)c3cc(C4CC4)[nH]n3)CCO2)n1. The minimum Gasteiger partial charge on any atom is -0.367 e. The van der Waals surface area contributed by atoms with Crippen LogP contribution in [0.3, 0.4) is 0 Å². The Hall–Kier alpha value is -2.22. The van der Waals surface area contributed by atoms with Crippen LogP contribution < -0.4 is 0 Å². The predicted octanol–water partition coefficient (Wildman–Crippen LogP) is 1.92. The van der Waals surface area contributed by atoms with Gasteiger partial charge in [-0.05, 0) is 18.9 Å². The van der Waals surface area contributed by atoms with Crippen LogP contribution in [0.5, 0.6) is 0 Å². The first kappa shape index (κ1) is 16.3. The Morgan fingerprint density at radius 3 is 2.76 bits per heavy atom. The van der Waals surface area contributed by atoms with Crippen molar-refractivity contribution in [3.63, 3.8) is 0 Å². The molecule has 1 saturated heterocycles. The number of H-pyrrole nitrogens is 2. The summed E-state index contributed by atoms with van der Waals surface area (Å²) in [5.41, 5.74) is 1.42. The van der Waals surface area contributed by atoms with Gasteiger partial charge in [0.1, 0.15) is 11.8 Å². The van der Waals surface area contributed by atoms with Crippen molar-refractivity contribution in [1.82, 2.24) is 30.3 Å². The van der Waals surface area contributed by atoms with E-state index in [1.54, 1.807) is 4.90 Å². The molecule has 2 aromatic rings.